The van der Waals surface area contributed by atoms with E-state index in [4.69, 9.17) is 10.8 Å². The van der Waals surface area contributed by atoms with Gasteiger partial charge < -0.3 is 41.9 Å². The lowest BCUT2D eigenvalue weighted by Crippen LogP contribution is -2.59. The predicted octanol–water partition coefficient (Wildman–Crippen LogP) is 0.0633. The number of amides is 3. The number of nitrogens with one attached hydrogen (secondary N) is 5. The van der Waals surface area contributed by atoms with Crippen LogP contribution in [-0.4, -0.2) is 79.0 Å². The molecule has 3 rings (SSSR count). The van der Waals surface area contributed by atoms with Crippen molar-refractivity contribution in [3.63, 3.8) is 0 Å². The molecule has 9 N–H and O–H groups in total. The minimum Gasteiger partial charge on any atom is -0.481 e. The van der Waals surface area contributed by atoms with Gasteiger partial charge in [0.25, 0.3) is 0 Å². The van der Waals surface area contributed by atoms with E-state index in [0.717, 1.165) is 10.9 Å². The molecule has 3 aromatic rings. The second-order valence-corrected chi connectivity index (χ2v) is 9.88. The number of carbonyl (C=O) groups excluding carboxylic acids is 3. The Morgan fingerprint density at radius 1 is 0.951 bits per heavy atom. The molecule has 0 aliphatic carbocycles. The molecule has 5 atom stereocenters. The number of carbonyl (C=O) groups is 5. The fourth-order valence-corrected chi connectivity index (χ4v) is 4.32. The summed E-state index contributed by atoms with van der Waals surface area (Å²) in [5.74, 6) is -5.21. The molecule has 2 aromatic heterocycles. The Kier molecular flexibility index (Phi) is 10.6. The third-order valence-corrected chi connectivity index (χ3v) is 6.85. The SMILES string of the molecule is CCC(C)C(NC(=O)C(N)CC(=O)O)C(=O)NC(Cc1c[nH]c2ccccc12)C(=O)NC(Cc1cnc[nH]1)C(=O)O. The van der Waals surface area contributed by atoms with Crippen LogP contribution in [0.2, 0.25) is 0 Å². The van der Waals surface area contributed by atoms with Gasteiger partial charge in [-0.3, -0.25) is 19.2 Å². The standard InChI is InChI=1S/C27H35N7O7/c1-3-14(2)23(34-24(37)18(28)10-22(35)36)26(39)32-20(8-15-11-30-19-7-5-4-6-17(15)19)25(38)33-21(27(40)41)9-16-12-29-13-31-16/h4-7,11-14,18,20-21,23,30H,3,8-10,28H2,1-2H3,(H,29,31)(H,32,39)(H,33,38)(H,34,37)(H,35,36)(H,40,41). The lowest BCUT2D eigenvalue weighted by molar-refractivity contribution is -0.142. The maximum Gasteiger partial charge on any atom is 0.326 e. The molecule has 0 spiro atoms. The summed E-state index contributed by atoms with van der Waals surface area (Å²) < 4.78 is 0. The Hall–Kier alpha value is -4.72. The number of benzene rings is 1. The van der Waals surface area contributed by atoms with Crippen molar-refractivity contribution in [2.45, 2.75) is 63.7 Å². The van der Waals surface area contributed by atoms with E-state index in [9.17, 15) is 29.1 Å². The van der Waals surface area contributed by atoms with Crippen LogP contribution in [-0.2, 0) is 36.8 Å². The van der Waals surface area contributed by atoms with Crippen molar-refractivity contribution in [3.05, 3.63) is 54.2 Å². The second kappa shape index (κ2) is 14.1. The van der Waals surface area contributed by atoms with Crippen molar-refractivity contribution in [1.82, 2.24) is 30.9 Å². The molecule has 0 saturated heterocycles. The van der Waals surface area contributed by atoms with Crippen LogP contribution in [0.4, 0.5) is 0 Å². The van der Waals surface area contributed by atoms with Crippen LogP contribution in [0.15, 0.2) is 43.0 Å². The van der Waals surface area contributed by atoms with E-state index < -0.39 is 66.2 Å². The molecular formula is C27H35N7O7. The molecule has 5 unspecified atom stereocenters. The van der Waals surface area contributed by atoms with Gasteiger partial charge in [-0.2, -0.15) is 0 Å². The average Bonchev–Trinajstić information content (AvgIpc) is 3.60. The summed E-state index contributed by atoms with van der Waals surface area (Å²) in [7, 11) is 0. The number of fused-ring (bicyclic) bond motifs is 1. The number of aromatic nitrogens is 3. The number of nitrogens with zero attached hydrogens (tertiary/aromatic N) is 1. The Morgan fingerprint density at radius 3 is 2.29 bits per heavy atom. The molecule has 220 valence electrons. The zero-order chi connectivity index (χ0) is 30.1. The number of carboxylic acid groups (broad SMARTS) is 2. The van der Waals surface area contributed by atoms with Gasteiger partial charge in [-0.05, 0) is 17.5 Å². The highest BCUT2D eigenvalue weighted by atomic mass is 16.4. The first-order valence-electron chi connectivity index (χ1n) is 13.1. The zero-order valence-electron chi connectivity index (χ0n) is 22.7. The molecule has 0 fully saturated rings. The highest BCUT2D eigenvalue weighted by Crippen LogP contribution is 2.20. The largest absolute Gasteiger partial charge is 0.481 e. The second-order valence-electron chi connectivity index (χ2n) is 9.88. The van der Waals surface area contributed by atoms with Gasteiger partial charge in [0, 0.05) is 41.8 Å². The third-order valence-electron chi connectivity index (χ3n) is 6.85. The van der Waals surface area contributed by atoms with Gasteiger partial charge in [-0.15, -0.1) is 0 Å². The fraction of sp³-hybridized carbons (Fsp3) is 0.407. The van der Waals surface area contributed by atoms with E-state index in [0.29, 0.717) is 17.7 Å². The Morgan fingerprint density at radius 2 is 1.66 bits per heavy atom. The third kappa shape index (κ3) is 8.38. The normalized spacial score (nSPS) is 14.8. The molecule has 3 amide bonds. The molecule has 2 heterocycles. The number of aliphatic carboxylic acids is 2. The summed E-state index contributed by atoms with van der Waals surface area (Å²) in [6, 6.07) is 2.32. The van der Waals surface area contributed by atoms with Gasteiger partial charge in [-0.1, -0.05) is 38.5 Å². The summed E-state index contributed by atoms with van der Waals surface area (Å²) in [5, 5.41) is 27.2. The van der Waals surface area contributed by atoms with Crippen LogP contribution >= 0.6 is 0 Å². The van der Waals surface area contributed by atoms with Crippen LogP contribution in [0.25, 0.3) is 10.9 Å². The van der Waals surface area contributed by atoms with E-state index in [-0.39, 0.29) is 12.8 Å². The van der Waals surface area contributed by atoms with Gasteiger partial charge in [0.15, 0.2) is 0 Å². The molecule has 0 saturated carbocycles. The summed E-state index contributed by atoms with van der Waals surface area (Å²) in [6.07, 6.45) is 4.33. The van der Waals surface area contributed by atoms with Crippen LogP contribution in [0, 0.1) is 5.92 Å². The number of H-pyrrole nitrogens is 2. The predicted molar refractivity (Wildman–Crippen MR) is 147 cm³/mol. The number of hydrogen-bond donors (Lipinski definition) is 8. The van der Waals surface area contributed by atoms with E-state index >= 15 is 0 Å². The summed E-state index contributed by atoms with van der Waals surface area (Å²) in [5.41, 5.74) is 7.69. The quantitative estimate of drug-likeness (QED) is 0.123. The van der Waals surface area contributed by atoms with E-state index in [1.54, 1.807) is 20.0 Å². The smallest absolute Gasteiger partial charge is 0.326 e. The molecule has 0 bridgehead atoms. The molecular weight excluding hydrogens is 534 g/mol. The number of rotatable bonds is 15. The van der Waals surface area contributed by atoms with Crippen LogP contribution < -0.4 is 21.7 Å². The molecule has 0 aliphatic heterocycles. The van der Waals surface area contributed by atoms with Crippen molar-refractivity contribution < 1.29 is 34.2 Å². The molecule has 14 nitrogen and oxygen atoms in total. The first-order valence-corrected chi connectivity index (χ1v) is 13.1. The molecule has 0 aliphatic rings. The highest BCUT2D eigenvalue weighted by molar-refractivity contribution is 5.95. The molecule has 41 heavy (non-hydrogen) atoms. The molecule has 1 aromatic carbocycles. The van der Waals surface area contributed by atoms with Gasteiger partial charge in [-0.25, -0.2) is 9.78 Å². The summed E-state index contributed by atoms with van der Waals surface area (Å²) in [4.78, 5) is 72.3. The van der Waals surface area contributed by atoms with E-state index in [1.165, 1.54) is 12.5 Å². The number of hydrogen-bond acceptors (Lipinski definition) is 7. The Bertz CT molecular complexity index is 1370. The highest BCUT2D eigenvalue weighted by Gasteiger charge is 2.33. The number of carboxylic acids is 2. The number of aromatic amines is 2. The van der Waals surface area contributed by atoms with Gasteiger partial charge in [0.2, 0.25) is 17.7 Å². The maximum absolute atomic E-state index is 13.5. The number of imidazole rings is 1. The van der Waals surface area contributed by atoms with Crippen molar-refractivity contribution in [3.8, 4) is 0 Å². The minimum atomic E-state index is -1.38. The first kappa shape index (κ1) is 30.8. The van der Waals surface area contributed by atoms with Crippen LogP contribution in [0.3, 0.4) is 0 Å². The first-order chi connectivity index (χ1) is 19.5. The number of nitrogens with two attached hydrogens (primary N) is 1. The number of para-hydroxylation sites is 1. The van der Waals surface area contributed by atoms with Crippen molar-refractivity contribution >= 4 is 40.6 Å². The lowest BCUT2D eigenvalue weighted by Gasteiger charge is -2.28. The van der Waals surface area contributed by atoms with Crippen LogP contribution in [0.1, 0.15) is 37.9 Å². The van der Waals surface area contributed by atoms with E-state index in [2.05, 4.69) is 30.9 Å². The minimum absolute atomic E-state index is 0.0116. The summed E-state index contributed by atoms with van der Waals surface area (Å²) in [6.45, 7) is 3.52. The fourth-order valence-electron chi connectivity index (χ4n) is 4.32. The van der Waals surface area contributed by atoms with Crippen LogP contribution in [0.5, 0.6) is 0 Å². The molecule has 14 heteroatoms. The van der Waals surface area contributed by atoms with Crippen molar-refractivity contribution in [1.29, 1.82) is 0 Å². The maximum atomic E-state index is 13.5. The zero-order valence-corrected chi connectivity index (χ0v) is 22.7. The Balaban J connectivity index is 1.86. The topological polar surface area (TPSA) is 232 Å². The van der Waals surface area contributed by atoms with Gasteiger partial charge in [0.05, 0.1) is 18.8 Å². The Labute approximate surface area is 235 Å². The monoisotopic (exact) mass is 569 g/mol. The van der Waals surface area contributed by atoms with Gasteiger partial charge >= 0.3 is 11.9 Å². The summed E-state index contributed by atoms with van der Waals surface area (Å²) >= 11 is 0. The van der Waals surface area contributed by atoms with E-state index in [1.807, 2.05) is 24.3 Å². The van der Waals surface area contributed by atoms with Crippen molar-refractivity contribution in [2.75, 3.05) is 0 Å². The average molecular weight is 570 g/mol. The lowest BCUT2D eigenvalue weighted by atomic mass is 9.96. The van der Waals surface area contributed by atoms with Gasteiger partial charge in [0.1, 0.15) is 18.1 Å². The molecule has 0 radical (unpaired) electrons. The van der Waals surface area contributed by atoms with Crippen molar-refractivity contribution in [2.24, 2.45) is 11.7 Å².